The van der Waals surface area contributed by atoms with Crippen LogP contribution in [-0.4, -0.2) is 36.7 Å². The van der Waals surface area contributed by atoms with E-state index in [9.17, 15) is 8.42 Å². The molecular weight excluding hydrogens is 206 g/mol. The highest BCUT2D eigenvalue weighted by Crippen LogP contribution is 2.23. The lowest BCUT2D eigenvalue weighted by atomic mass is 10.0. The Morgan fingerprint density at radius 1 is 1.38 bits per heavy atom. The molecule has 0 bridgehead atoms. The number of rotatable bonds is 2. The van der Waals surface area contributed by atoms with E-state index in [1.165, 1.54) is 0 Å². The van der Waals surface area contributed by atoms with Crippen LogP contribution < -0.4 is 0 Å². The SMILES string of the molecule is CC(C)(C)CS(=O)(=O)N1CCSC1. The van der Waals surface area contributed by atoms with Crippen molar-refractivity contribution in [2.75, 3.05) is 23.9 Å². The van der Waals surface area contributed by atoms with Crippen LogP contribution >= 0.6 is 11.8 Å². The molecule has 13 heavy (non-hydrogen) atoms. The van der Waals surface area contributed by atoms with Crippen molar-refractivity contribution in [3.05, 3.63) is 0 Å². The van der Waals surface area contributed by atoms with Crippen molar-refractivity contribution < 1.29 is 8.42 Å². The third-order valence-electron chi connectivity index (χ3n) is 1.73. The minimum atomic E-state index is -3.01. The van der Waals surface area contributed by atoms with Crippen LogP contribution in [0.25, 0.3) is 0 Å². The van der Waals surface area contributed by atoms with Gasteiger partial charge in [0.2, 0.25) is 10.0 Å². The van der Waals surface area contributed by atoms with Crippen molar-refractivity contribution in [3.63, 3.8) is 0 Å². The summed E-state index contributed by atoms with van der Waals surface area (Å²) in [6, 6.07) is 0. The first-order valence-corrected chi connectivity index (χ1v) is 7.13. The minimum absolute atomic E-state index is 0.147. The maximum Gasteiger partial charge on any atom is 0.215 e. The molecule has 0 atom stereocenters. The maximum atomic E-state index is 11.8. The molecule has 0 N–H and O–H groups in total. The molecule has 0 amide bonds. The van der Waals surface area contributed by atoms with E-state index < -0.39 is 10.0 Å². The first kappa shape index (κ1) is 11.3. The zero-order valence-corrected chi connectivity index (χ0v) is 10.0. The number of thioether (sulfide) groups is 1. The van der Waals surface area contributed by atoms with Gasteiger partial charge in [-0.05, 0) is 5.41 Å². The van der Waals surface area contributed by atoms with Crippen LogP contribution in [-0.2, 0) is 10.0 Å². The van der Waals surface area contributed by atoms with E-state index in [0.717, 1.165) is 5.75 Å². The van der Waals surface area contributed by atoms with Crippen LogP contribution in [0.15, 0.2) is 0 Å². The molecule has 3 nitrogen and oxygen atoms in total. The number of sulfonamides is 1. The van der Waals surface area contributed by atoms with Gasteiger partial charge in [-0.2, -0.15) is 4.31 Å². The molecule has 78 valence electrons. The molecule has 1 rings (SSSR count). The van der Waals surface area contributed by atoms with Crippen molar-refractivity contribution in [3.8, 4) is 0 Å². The summed E-state index contributed by atoms with van der Waals surface area (Å²) in [5.74, 6) is 1.82. The molecule has 0 aromatic heterocycles. The van der Waals surface area contributed by atoms with Crippen LogP contribution in [0.5, 0.6) is 0 Å². The number of hydrogen-bond acceptors (Lipinski definition) is 3. The van der Waals surface area contributed by atoms with Crippen LogP contribution in [0.1, 0.15) is 20.8 Å². The highest BCUT2D eigenvalue weighted by molar-refractivity contribution is 8.00. The summed E-state index contributed by atoms with van der Waals surface area (Å²) in [4.78, 5) is 0. The molecule has 0 aromatic carbocycles. The number of hydrogen-bond donors (Lipinski definition) is 0. The van der Waals surface area contributed by atoms with Gasteiger partial charge in [-0.3, -0.25) is 0 Å². The maximum absolute atomic E-state index is 11.8. The minimum Gasteiger partial charge on any atom is -0.212 e. The predicted octanol–water partition coefficient (Wildman–Crippen LogP) is 1.37. The average Bonchev–Trinajstić information content (AvgIpc) is 2.29. The van der Waals surface area contributed by atoms with E-state index in [2.05, 4.69) is 0 Å². The second-order valence-electron chi connectivity index (χ2n) is 4.53. The van der Waals surface area contributed by atoms with Gasteiger partial charge < -0.3 is 0 Å². The van der Waals surface area contributed by atoms with Gasteiger partial charge in [-0.1, -0.05) is 20.8 Å². The summed E-state index contributed by atoms with van der Waals surface area (Å²) in [5, 5.41) is 0. The highest BCUT2D eigenvalue weighted by Gasteiger charge is 2.29. The zero-order valence-electron chi connectivity index (χ0n) is 8.41. The van der Waals surface area contributed by atoms with Gasteiger partial charge in [0.05, 0.1) is 11.6 Å². The topological polar surface area (TPSA) is 37.4 Å². The lowest BCUT2D eigenvalue weighted by Gasteiger charge is -2.22. The lowest BCUT2D eigenvalue weighted by Crippen LogP contribution is -2.34. The molecule has 0 aromatic rings. The van der Waals surface area contributed by atoms with E-state index in [1.54, 1.807) is 16.1 Å². The largest absolute Gasteiger partial charge is 0.215 e. The molecule has 0 spiro atoms. The molecule has 0 unspecified atom stereocenters. The van der Waals surface area contributed by atoms with Gasteiger partial charge in [-0.25, -0.2) is 8.42 Å². The molecule has 0 radical (unpaired) electrons. The van der Waals surface area contributed by atoms with E-state index >= 15 is 0 Å². The Morgan fingerprint density at radius 2 is 2.00 bits per heavy atom. The second kappa shape index (κ2) is 3.79. The van der Waals surface area contributed by atoms with Gasteiger partial charge in [0, 0.05) is 12.3 Å². The third-order valence-corrected chi connectivity index (χ3v) is 5.19. The van der Waals surface area contributed by atoms with E-state index in [4.69, 9.17) is 0 Å². The van der Waals surface area contributed by atoms with Crippen molar-refractivity contribution in [1.82, 2.24) is 4.31 Å². The quantitative estimate of drug-likeness (QED) is 0.709. The van der Waals surface area contributed by atoms with Crippen LogP contribution in [0, 0.1) is 5.41 Å². The predicted molar refractivity (Wildman–Crippen MR) is 57.3 cm³/mol. The number of nitrogens with zero attached hydrogens (tertiary/aromatic N) is 1. The van der Waals surface area contributed by atoms with Crippen molar-refractivity contribution in [2.24, 2.45) is 5.41 Å². The molecule has 5 heteroatoms. The molecule has 0 aliphatic carbocycles. The van der Waals surface area contributed by atoms with E-state index in [1.807, 2.05) is 20.8 Å². The Labute approximate surface area is 84.9 Å². The molecule has 0 saturated carbocycles. The summed E-state index contributed by atoms with van der Waals surface area (Å²) in [7, 11) is -3.01. The fraction of sp³-hybridized carbons (Fsp3) is 1.00. The zero-order chi connectivity index (χ0) is 10.1. The average molecular weight is 223 g/mol. The third kappa shape index (κ3) is 3.48. The van der Waals surface area contributed by atoms with Gasteiger partial charge in [-0.15, -0.1) is 11.8 Å². The van der Waals surface area contributed by atoms with Crippen LogP contribution in [0.2, 0.25) is 0 Å². The summed E-state index contributed by atoms with van der Waals surface area (Å²) < 4.78 is 25.1. The normalized spacial score (nSPS) is 20.8. The van der Waals surface area contributed by atoms with Gasteiger partial charge >= 0.3 is 0 Å². The van der Waals surface area contributed by atoms with Crippen molar-refractivity contribution in [1.29, 1.82) is 0 Å². The molecule has 1 fully saturated rings. The highest BCUT2D eigenvalue weighted by atomic mass is 32.2. The van der Waals surface area contributed by atoms with Crippen LogP contribution in [0.3, 0.4) is 0 Å². The van der Waals surface area contributed by atoms with Gasteiger partial charge in [0.15, 0.2) is 0 Å². The van der Waals surface area contributed by atoms with Gasteiger partial charge in [0.1, 0.15) is 0 Å². The molecular formula is C8H17NO2S2. The molecule has 1 aliphatic heterocycles. The Bertz CT molecular complexity index is 260. The Hall–Kier alpha value is 0.260. The second-order valence-corrected chi connectivity index (χ2v) is 7.57. The summed E-state index contributed by atoms with van der Waals surface area (Å²) in [6.45, 7) is 6.54. The van der Waals surface area contributed by atoms with Crippen molar-refractivity contribution in [2.45, 2.75) is 20.8 Å². The van der Waals surface area contributed by atoms with E-state index in [0.29, 0.717) is 12.4 Å². The fourth-order valence-corrected chi connectivity index (χ4v) is 4.69. The Morgan fingerprint density at radius 3 is 2.38 bits per heavy atom. The Kier molecular flexibility index (Phi) is 3.30. The standard InChI is InChI=1S/C8H17NO2S2/c1-8(2,3)6-13(10,11)9-4-5-12-7-9/h4-7H2,1-3H3. The first-order valence-electron chi connectivity index (χ1n) is 4.37. The molecule has 1 heterocycles. The summed E-state index contributed by atoms with van der Waals surface area (Å²) >= 11 is 1.68. The molecule has 1 aliphatic rings. The summed E-state index contributed by atoms with van der Waals surface area (Å²) in [5.41, 5.74) is -0.147. The van der Waals surface area contributed by atoms with Crippen LogP contribution in [0.4, 0.5) is 0 Å². The monoisotopic (exact) mass is 223 g/mol. The van der Waals surface area contributed by atoms with Crippen molar-refractivity contribution >= 4 is 21.8 Å². The lowest BCUT2D eigenvalue weighted by molar-refractivity contribution is 0.429. The smallest absolute Gasteiger partial charge is 0.212 e. The first-order chi connectivity index (χ1) is 5.81. The Balaban J connectivity index is 2.66. The fourth-order valence-electron chi connectivity index (χ4n) is 1.26. The molecule has 1 saturated heterocycles. The van der Waals surface area contributed by atoms with E-state index in [-0.39, 0.29) is 11.2 Å². The van der Waals surface area contributed by atoms with Gasteiger partial charge in [0.25, 0.3) is 0 Å². The summed E-state index contributed by atoms with van der Waals surface area (Å²) in [6.07, 6.45) is 0.